The maximum atomic E-state index is 16.9. The molecule has 0 aromatic heterocycles. The lowest BCUT2D eigenvalue weighted by molar-refractivity contribution is -0.222. The van der Waals surface area contributed by atoms with Crippen LogP contribution in [0.25, 0.3) is 0 Å². The van der Waals surface area contributed by atoms with Gasteiger partial charge in [0.15, 0.2) is 17.2 Å². The molecule has 4 rings (SSSR count). The van der Waals surface area contributed by atoms with Crippen molar-refractivity contribution in [1.82, 2.24) is 0 Å². The van der Waals surface area contributed by atoms with Crippen LogP contribution in [0.3, 0.4) is 0 Å². The highest BCUT2D eigenvalue weighted by atomic mass is 35.5. The number of alkyl halides is 3. The average Bonchev–Trinajstić information content (AvgIpc) is 2.86. The van der Waals surface area contributed by atoms with Crippen LogP contribution in [0.4, 0.5) is 8.78 Å². The molecule has 0 aromatic rings. The normalized spacial score (nSPS) is 53.7. The van der Waals surface area contributed by atoms with Crippen LogP contribution in [0.5, 0.6) is 0 Å². The molecule has 0 bridgehead atoms. The van der Waals surface area contributed by atoms with Crippen molar-refractivity contribution in [3.8, 4) is 0 Å². The quantitative estimate of drug-likeness (QED) is 0.663. The first-order valence-electron chi connectivity index (χ1n) is 10.2. The van der Waals surface area contributed by atoms with E-state index in [2.05, 4.69) is 0 Å². The minimum absolute atomic E-state index is 0.0598. The Morgan fingerprint density at radius 2 is 1.97 bits per heavy atom. The van der Waals surface area contributed by atoms with Gasteiger partial charge in [-0.3, -0.25) is 9.59 Å². The van der Waals surface area contributed by atoms with Crippen molar-refractivity contribution in [2.24, 2.45) is 28.6 Å². The molecular weight excluding hydrogens is 402 g/mol. The third kappa shape index (κ3) is 2.26. The average molecular weight is 429 g/mol. The second-order valence-electron chi connectivity index (χ2n) is 9.82. The lowest BCUT2D eigenvalue weighted by atomic mass is 9.44. The number of allylic oxidation sites excluding steroid dienone is 4. The van der Waals surface area contributed by atoms with E-state index < -0.39 is 63.7 Å². The van der Waals surface area contributed by atoms with Gasteiger partial charge >= 0.3 is 0 Å². The molecule has 3 fully saturated rings. The molecule has 160 valence electrons. The lowest BCUT2D eigenvalue weighted by Gasteiger charge is -2.63. The topological polar surface area (TPSA) is 74.6 Å². The van der Waals surface area contributed by atoms with Crippen molar-refractivity contribution in [3.05, 3.63) is 23.8 Å². The van der Waals surface area contributed by atoms with Gasteiger partial charge in [0.1, 0.15) is 11.8 Å². The van der Waals surface area contributed by atoms with Gasteiger partial charge in [-0.15, -0.1) is 11.6 Å². The number of rotatable bonds is 2. The predicted molar refractivity (Wildman–Crippen MR) is 104 cm³/mol. The van der Waals surface area contributed by atoms with Gasteiger partial charge in [-0.1, -0.05) is 19.9 Å². The fourth-order valence-electron chi connectivity index (χ4n) is 7.24. The van der Waals surface area contributed by atoms with Gasteiger partial charge in [0.2, 0.25) is 0 Å². The van der Waals surface area contributed by atoms with Crippen molar-refractivity contribution in [2.45, 2.75) is 63.6 Å². The lowest BCUT2D eigenvalue weighted by Crippen LogP contribution is -2.70. The maximum absolute atomic E-state index is 16.9. The molecule has 0 spiro atoms. The fraction of sp³-hybridized carbons (Fsp3) is 0.727. The minimum Gasteiger partial charge on any atom is -0.390 e. The van der Waals surface area contributed by atoms with E-state index in [-0.39, 0.29) is 24.3 Å². The van der Waals surface area contributed by atoms with Crippen LogP contribution < -0.4 is 0 Å². The Morgan fingerprint density at radius 1 is 1.31 bits per heavy atom. The molecule has 0 saturated heterocycles. The van der Waals surface area contributed by atoms with E-state index in [1.165, 1.54) is 19.1 Å². The third-order valence-corrected chi connectivity index (χ3v) is 9.00. The molecule has 0 aromatic carbocycles. The summed E-state index contributed by atoms with van der Waals surface area (Å²) in [5.74, 6) is -3.24. The second-order valence-corrected chi connectivity index (χ2v) is 10.1. The Labute approximate surface area is 174 Å². The van der Waals surface area contributed by atoms with Crippen LogP contribution in [0, 0.1) is 28.6 Å². The van der Waals surface area contributed by atoms with Crippen LogP contribution in [0.1, 0.15) is 40.0 Å². The van der Waals surface area contributed by atoms with Crippen molar-refractivity contribution in [1.29, 1.82) is 0 Å². The molecule has 0 heterocycles. The summed E-state index contributed by atoms with van der Waals surface area (Å²) in [5.41, 5.74) is -6.54. The van der Waals surface area contributed by atoms with Crippen LogP contribution in [-0.2, 0) is 9.59 Å². The summed E-state index contributed by atoms with van der Waals surface area (Å²) in [5, 5.41) is 22.5. The van der Waals surface area contributed by atoms with Crippen LogP contribution in [0.15, 0.2) is 23.8 Å². The van der Waals surface area contributed by atoms with Crippen molar-refractivity contribution in [3.63, 3.8) is 0 Å². The summed E-state index contributed by atoms with van der Waals surface area (Å²) in [6.45, 7) is 4.94. The summed E-state index contributed by atoms with van der Waals surface area (Å²) in [7, 11) is 0. The van der Waals surface area contributed by atoms with E-state index in [9.17, 15) is 19.8 Å². The molecule has 9 atom stereocenters. The molecule has 4 aliphatic rings. The standard InChI is InChI=1S/C22H27ClF2O4/c1-11-6-13-14-8-16(24)15-7-12(26)4-5-19(15,2)21(14,25)17(27)9-20(13,3)22(11,29)18(28)10-23/h4-5,7,11,13-14,16-17,27,29H,6,8-10H2,1-3H3/t11?,13-,14-,16?,17?,19-,20-,21-,22-/m0/s1. The first-order valence-corrected chi connectivity index (χ1v) is 10.7. The summed E-state index contributed by atoms with van der Waals surface area (Å²) in [6, 6.07) is 0. The summed E-state index contributed by atoms with van der Waals surface area (Å²) in [4.78, 5) is 24.5. The molecule has 3 unspecified atom stereocenters. The number of fused-ring (bicyclic) bond motifs is 5. The van der Waals surface area contributed by atoms with E-state index >= 15 is 8.78 Å². The number of hydrogen-bond acceptors (Lipinski definition) is 4. The molecule has 4 aliphatic carbocycles. The maximum Gasteiger partial charge on any atom is 0.179 e. The molecule has 0 aliphatic heterocycles. The number of ketones is 2. The largest absolute Gasteiger partial charge is 0.390 e. The van der Waals surface area contributed by atoms with Crippen LogP contribution >= 0.6 is 11.6 Å². The number of carbonyl (C=O) groups is 2. The van der Waals surface area contributed by atoms with E-state index in [0.29, 0.717) is 6.42 Å². The first kappa shape index (κ1) is 21.1. The highest BCUT2D eigenvalue weighted by molar-refractivity contribution is 6.29. The Kier molecular flexibility index (Phi) is 4.52. The zero-order valence-electron chi connectivity index (χ0n) is 16.8. The van der Waals surface area contributed by atoms with Gasteiger partial charge in [-0.25, -0.2) is 8.78 Å². The summed E-state index contributed by atoms with van der Waals surface area (Å²) in [6.07, 6.45) is 0.674. The van der Waals surface area contributed by atoms with Crippen LogP contribution in [0.2, 0.25) is 0 Å². The molecule has 7 heteroatoms. The Hall–Kier alpha value is -1.11. The number of hydrogen-bond donors (Lipinski definition) is 2. The minimum atomic E-state index is -2.21. The van der Waals surface area contributed by atoms with Gasteiger partial charge in [0.25, 0.3) is 0 Å². The van der Waals surface area contributed by atoms with Crippen molar-refractivity contribution >= 4 is 23.2 Å². The van der Waals surface area contributed by atoms with Gasteiger partial charge in [-0.05, 0) is 55.7 Å². The molecule has 0 amide bonds. The van der Waals surface area contributed by atoms with Gasteiger partial charge in [0.05, 0.1) is 12.0 Å². The summed E-state index contributed by atoms with van der Waals surface area (Å²) < 4.78 is 32.1. The highest BCUT2D eigenvalue weighted by Gasteiger charge is 2.76. The molecule has 2 N–H and O–H groups in total. The zero-order valence-corrected chi connectivity index (χ0v) is 17.5. The fourth-order valence-corrected chi connectivity index (χ4v) is 7.44. The SMILES string of the molecule is CC1C[C@H]2[C@@H]3CC(F)C4=CC(=O)C=C[C@]4(C)[C@@]3(F)C(O)C[C@]2(C)[C@@]1(O)C(=O)CCl. The molecular formula is C22H27ClF2O4. The van der Waals surface area contributed by atoms with Gasteiger partial charge in [0, 0.05) is 16.7 Å². The highest BCUT2D eigenvalue weighted by Crippen LogP contribution is 2.70. The number of carbonyl (C=O) groups excluding carboxylic acids is 2. The van der Waals surface area contributed by atoms with E-state index in [0.717, 1.165) is 6.08 Å². The number of halogens is 3. The number of aliphatic hydroxyl groups excluding tert-OH is 1. The Morgan fingerprint density at radius 3 is 2.59 bits per heavy atom. The monoisotopic (exact) mass is 428 g/mol. The molecule has 3 saturated carbocycles. The first-order chi connectivity index (χ1) is 13.4. The van der Waals surface area contributed by atoms with Crippen molar-refractivity contribution in [2.75, 3.05) is 5.88 Å². The van der Waals surface area contributed by atoms with E-state index in [1.807, 2.05) is 0 Å². The van der Waals surface area contributed by atoms with E-state index in [4.69, 9.17) is 11.6 Å². The summed E-state index contributed by atoms with van der Waals surface area (Å²) >= 11 is 5.78. The second kappa shape index (κ2) is 6.21. The van der Waals surface area contributed by atoms with Gasteiger partial charge in [-0.2, -0.15) is 0 Å². The third-order valence-electron chi connectivity index (χ3n) is 8.76. The van der Waals surface area contributed by atoms with Crippen molar-refractivity contribution < 1.29 is 28.6 Å². The van der Waals surface area contributed by atoms with E-state index in [1.54, 1.807) is 13.8 Å². The number of aliphatic hydroxyl groups is 2. The number of Topliss-reactive ketones (excluding diaryl/α,β-unsaturated/α-hetero) is 1. The molecule has 29 heavy (non-hydrogen) atoms. The predicted octanol–water partition coefficient (Wildman–Crippen LogP) is 3.09. The Bertz CT molecular complexity index is 843. The molecule has 0 radical (unpaired) electrons. The zero-order chi connectivity index (χ0) is 21.6. The molecule has 4 nitrogen and oxygen atoms in total. The van der Waals surface area contributed by atoms with Crippen LogP contribution in [-0.4, -0.2) is 51.2 Å². The Balaban J connectivity index is 1.87. The van der Waals surface area contributed by atoms with Gasteiger partial charge < -0.3 is 10.2 Å². The smallest absolute Gasteiger partial charge is 0.179 e.